The molecule has 1 aliphatic rings. The number of carbonyl (C=O) groups excluding carboxylic acids is 2. The molecule has 1 saturated heterocycles. The topological polar surface area (TPSA) is 97.8 Å². The molecule has 0 saturated carbocycles. The summed E-state index contributed by atoms with van der Waals surface area (Å²) in [5.74, 6) is -1.04. The van der Waals surface area contributed by atoms with Gasteiger partial charge in [-0.2, -0.15) is 13.2 Å². The Morgan fingerprint density at radius 3 is 2.69 bits per heavy atom. The zero-order valence-corrected chi connectivity index (χ0v) is 18.2. The van der Waals surface area contributed by atoms with Crippen LogP contribution in [0.25, 0.3) is 0 Å². The number of aromatic nitrogens is 1. The first-order valence-corrected chi connectivity index (χ1v) is 10.8. The van der Waals surface area contributed by atoms with Crippen molar-refractivity contribution in [2.75, 3.05) is 48.9 Å². The minimum atomic E-state index is -4.55. The molecule has 1 amide bonds. The number of ether oxygens (including phenoxy) is 2. The zero-order chi connectivity index (χ0) is 23.3. The van der Waals surface area contributed by atoms with E-state index in [1.165, 1.54) is 10.6 Å². The van der Waals surface area contributed by atoms with Crippen molar-refractivity contribution in [2.24, 2.45) is 0 Å². The molecular weight excluding hydrogens is 449 g/mol. The lowest BCUT2D eigenvalue weighted by molar-refractivity contribution is -0.672. The van der Waals surface area contributed by atoms with Crippen LogP contribution < -0.4 is 20.5 Å². The van der Waals surface area contributed by atoms with Crippen molar-refractivity contribution in [2.45, 2.75) is 26.1 Å². The third-order valence-corrected chi connectivity index (χ3v) is 5.66. The second kappa shape index (κ2) is 10.2. The SMILES string of the molecule is CCOC(=O)Cc1csc(N)[n+]1CC(=O)Nc1cc(C(F)(F)F)ccc1N1CCOCC1. The Bertz CT molecular complexity index is 974. The molecule has 0 unspecified atom stereocenters. The number of hydrogen-bond donors (Lipinski definition) is 2. The molecule has 32 heavy (non-hydrogen) atoms. The Morgan fingerprint density at radius 1 is 1.31 bits per heavy atom. The Morgan fingerprint density at radius 2 is 2.03 bits per heavy atom. The predicted octanol–water partition coefficient (Wildman–Crippen LogP) is 2.22. The quantitative estimate of drug-likeness (QED) is 0.473. The summed E-state index contributed by atoms with van der Waals surface area (Å²) >= 11 is 1.15. The fourth-order valence-electron chi connectivity index (χ4n) is 3.30. The van der Waals surface area contributed by atoms with Gasteiger partial charge in [-0.3, -0.25) is 15.3 Å². The average Bonchev–Trinajstić information content (AvgIpc) is 3.07. The molecule has 0 radical (unpaired) electrons. The van der Waals surface area contributed by atoms with Gasteiger partial charge in [0, 0.05) is 18.5 Å². The summed E-state index contributed by atoms with van der Waals surface area (Å²) in [6.45, 7) is 3.50. The minimum absolute atomic E-state index is 0.0491. The zero-order valence-electron chi connectivity index (χ0n) is 17.4. The fourth-order valence-corrected chi connectivity index (χ4v) is 4.08. The molecule has 8 nitrogen and oxygen atoms in total. The number of anilines is 3. The molecule has 0 aliphatic carbocycles. The molecule has 2 heterocycles. The van der Waals surface area contributed by atoms with Crippen LogP contribution in [0, 0.1) is 0 Å². The van der Waals surface area contributed by atoms with Crippen molar-refractivity contribution in [3.05, 3.63) is 34.8 Å². The maximum atomic E-state index is 13.3. The van der Waals surface area contributed by atoms with Gasteiger partial charge in [0.25, 0.3) is 5.91 Å². The highest BCUT2D eigenvalue weighted by Gasteiger charge is 2.32. The van der Waals surface area contributed by atoms with Gasteiger partial charge < -0.3 is 19.7 Å². The third kappa shape index (κ3) is 5.88. The maximum absolute atomic E-state index is 13.3. The van der Waals surface area contributed by atoms with Gasteiger partial charge >= 0.3 is 17.3 Å². The molecule has 0 spiro atoms. The second-order valence-corrected chi connectivity index (χ2v) is 7.90. The van der Waals surface area contributed by atoms with E-state index in [1.54, 1.807) is 12.3 Å². The highest BCUT2D eigenvalue weighted by atomic mass is 32.1. The first-order valence-electron chi connectivity index (χ1n) is 9.94. The smallest absolute Gasteiger partial charge is 0.416 e. The number of thiazole rings is 1. The van der Waals surface area contributed by atoms with Crippen LogP contribution in [0.2, 0.25) is 0 Å². The minimum Gasteiger partial charge on any atom is -0.466 e. The number of nitrogen functional groups attached to an aromatic ring is 1. The van der Waals surface area contributed by atoms with Crippen molar-refractivity contribution < 1.29 is 36.8 Å². The van der Waals surface area contributed by atoms with Crippen LogP contribution in [-0.4, -0.2) is 44.8 Å². The number of nitrogens with zero attached hydrogens (tertiary/aromatic N) is 2. The number of nitrogens with two attached hydrogens (primary N) is 1. The predicted molar refractivity (Wildman–Crippen MR) is 112 cm³/mol. The van der Waals surface area contributed by atoms with Crippen LogP contribution >= 0.6 is 11.3 Å². The normalized spacial score (nSPS) is 14.3. The number of esters is 1. The molecule has 0 bridgehead atoms. The van der Waals surface area contributed by atoms with Crippen LogP contribution in [0.15, 0.2) is 23.6 Å². The first kappa shape index (κ1) is 23.8. The number of alkyl halides is 3. The van der Waals surface area contributed by atoms with Crippen LogP contribution in [0.3, 0.4) is 0 Å². The van der Waals surface area contributed by atoms with Gasteiger partial charge in [0.15, 0.2) is 6.54 Å². The molecular formula is C20H24F3N4O4S+. The molecule has 1 aliphatic heterocycles. The summed E-state index contributed by atoms with van der Waals surface area (Å²) in [4.78, 5) is 26.4. The van der Waals surface area contributed by atoms with E-state index >= 15 is 0 Å². The standard InChI is InChI=1S/C20H23F3N4O4S/c1-2-31-18(29)10-14-12-32-19(24)27(14)11-17(28)25-15-9-13(20(21,22)23)3-4-16(15)26-5-7-30-8-6-26/h3-4,9,12,24H,2,5-8,10-11H2,1H3,(H,25,28)/p+1. The van der Waals surface area contributed by atoms with Crippen molar-refractivity contribution in [1.29, 1.82) is 0 Å². The number of hydrogen-bond acceptors (Lipinski definition) is 7. The van der Waals surface area contributed by atoms with Gasteiger partial charge in [-0.15, -0.1) is 0 Å². The summed E-state index contributed by atoms with van der Waals surface area (Å²) in [6, 6.07) is 3.26. The van der Waals surface area contributed by atoms with Crippen molar-refractivity contribution in [1.82, 2.24) is 0 Å². The van der Waals surface area contributed by atoms with E-state index in [1.807, 2.05) is 4.90 Å². The molecule has 174 valence electrons. The summed E-state index contributed by atoms with van der Waals surface area (Å²) in [5, 5.41) is 4.51. The molecule has 3 rings (SSSR count). The van der Waals surface area contributed by atoms with Crippen LogP contribution in [-0.2, 0) is 38.2 Å². The number of rotatable bonds is 7. The number of benzene rings is 1. The van der Waals surface area contributed by atoms with Crippen LogP contribution in [0.4, 0.5) is 29.7 Å². The Balaban J connectivity index is 1.82. The fraction of sp³-hybridized carbons (Fsp3) is 0.450. The molecule has 1 aromatic heterocycles. The molecule has 0 atom stereocenters. The monoisotopic (exact) mass is 473 g/mol. The third-order valence-electron chi connectivity index (χ3n) is 4.81. The summed E-state index contributed by atoms with van der Waals surface area (Å²) < 4.78 is 51.5. The van der Waals surface area contributed by atoms with Gasteiger partial charge in [-0.1, -0.05) is 11.3 Å². The van der Waals surface area contributed by atoms with E-state index < -0.39 is 23.6 Å². The van der Waals surface area contributed by atoms with E-state index in [4.69, 9.17) is 15.2 Å². The first-order chi connectivity index (χ1) is 15.2. The van der Waals surface area contributed by atoms with Gasteiger partial charge in [0.1, 0.15) is 12.1 Å². The summed E-state index contributed by atoms with van der Waals surface area (Å²) in [5.41, 5.74) is 6.08. The lowest BCUT2D eigenvalue weighted by atomic mass is 10.1. The molecule has 2 aromatic rings. The van der Waals surface area contributed by atoms with Gasteiger partial charge in [0.05, 0.1) is 36.8 Å². The number of nitrogens with one attached hydrogen (secondary N) is 1. The lowest BCUT2D eigenvalue weighted by Crippen LogP contribution is -2.45. The number of morpholine rings is 1. The highest BCUT2D eigenvalue weighted by molar-refractivity contribution is 7.13. The van der Waals surface area contributed by atoms with Crippen molar-refractivity contribution in [3.63, 3.8) is 0 Å². The molecule has 12 heteroatoms. The number of carbonyl (C=O) groups is 2. The van der Waals surface area contributed by atoms with E-state index in [2.05, 4.69) is 5.32 Å². The van der Waals surface area contributed by atoms with E-state index in [-0.39, 0.29) is 30.4 Å². The maximum Gasteiger partial charge on any atom is 0.416 e. The van der Waals surface area contributed by atoms with Gasteiger partial charge in [0.2, 0.25) is 0 Å². The Kier molecular flexibility index (Phi) is 7.56. The van der Waals surface area contributed by atoms with Crippen LogP contribution in [0.5, 0.6) is 0 Å². The molecule has 3 N–H and O–H groups in total. The Hall–Kier alpha value is -2.86. The summed E-state index contributed by atoms with van der Waals surface area (Å²) in [6.07, 6.45) is -4.63. The largest absolute Gasteiger partial charge is 0.466 e. The van der Waals surface area contributed by atoms with Crippen molar-refractivity contribution >= 4 is 39.7 Å². The van der Waals surface area contributed by atoms with Crippen LogP contribution in [0.1, 0.15) is 18.2 Å². The van der Waals surface area contributed by atoms with E-state index in [0.29, 0.717) is 37.7 Å². The van der Waals surface area contributed by atoms with E-state index in [0.717, 1.165) is 23.5 Å². The van der Waals surface area contributed by atoms with E-state index in [9.17, 15) is 22.8 Å². The van der Waals surface area contributed by atoms with Gasteiger partial charge in [-0.05, 0) is 25.1 Å². The average molecular weight is 473 g/mol. The summed E-state index contributed by atoms with van der Waals surface area (Å²) in [7, 11) is 0. The molecule has 1 fully saturated rings. The van der Waals surface area contributed by atoms with Crippen molar-refractivity contribution in [3.8, 4) is 0 Å². The molecule has 1 aromatic carbocycles. The number of halogens is 3. The lowest BCUT2D eigenvalue weighted by Gasteiger charge is -2.31. The van der Waals surface area contributed by atoms with Gasteiger partial charge in [-0.25, -0.2) is 4.57 Å². The second-order valence-electron chi connectivity index (χ2n) is 7.01. The Labute approximate surface area is 186 Å². The number of amides is 1. The highest BCUT2D eigenvalue weighted by Crippen LogP contribution is 2.35.